The molecule has 1 aliphatic rings. The molecule has 1 saturated heterocycles. The summed E-state index contributed by atoms with van der Waals surface area (Å²) in [4.78, 5) is 18.2. The Morgan fingerprint density at radius 1 is 1.54 bits per heavy atom. The topological polar surface area (TPSA) is 83.7 Å². The monoisotopic (exact) mass is 207 g/mol. The smallest absolute Gasteiger partial charge is 0.324 e. The van der Waals surface area contributed by atoms with E-state index in [2.05, 4.69) is 10.6 Å². The predicted molar refractivity (Wildman–Crippen MR) is 49.8 cm³/mol. The van der Waals surface area contributed by atoms with Crippen molar-refractivity contribution in [2.45, 2.75) is 25.0 Å². The van der Waals surface area contributed by atoms with Crippen molar-refractivity contribution in [3.63, 3.8) is 0 Å². The Bertz CT molecular complexity index is 220. The summed E-state index contributed by atoms with van der Waals surface area (Å²) in [5.41, 5.74) is 0. The largest absolute Gasteiger partial charge is 0.332 e. The van der Waals surface area contributed by atoms with Gasteiger partial charge in [-0.3, -0.25) is 4.57 Å². The van der Waals surface area contributed by atoms with E-state index >= 15 is 0 Å². The van der Waals surface area contributed by atoms with Crippen LogP contribution in [0.15, 0.2) is 0 Å². The molecule has 1 atom stereocenters. The van der Waals surface area contributed by atoms with Gasteiger partial charge < -0.3 is 15.1 Å². The van der Waals surface area contributed by atoms with Crippen molar-refractivity contribution in [2.75, 3.05) is 19.6 Å². The van der Waals surface area contributed by atoms with Gasteiger partial charge in [0.1, 0.15) is 0 Å². The van der Waals surface area contributed by atoms with Gasteiger partial charge in [0, 0.05) is 19.6 Å². The summed E-state index contributed by atoms with van der Waals surface area (Å²) in [6, 6.07) is -0.290. The highest BCUT2D eigenvalue weighted by atomic mass is 31.2. The highest BCUT2D eigenvalue weighted by Crippen LogP contribution is 2.52. The van der Waals surface area contributed by atoms with Gasteiger partial charge in [-0.05, 0) is 13.8 Å². The normalized spacial score (nSPS) is 26.0. The van der Waals surface area contributed by atoms with Crippen LogP contribution in [0.4, 0.5) is 0 Å². The second-order valence-electron chi connectivity index (χ2n) is 3.82. The van der Waals surface area contributed by atoms with E-state index in [-0.39, 0.29) is 6.04 Å². The molecule has 0 aromatic carbocycles. The van der Waals surface area contributed by atoms with Crippen molar-refractivity contribution >= 4 is 7.60 Å². The van der Waals surface area contributed by atoms with Crippen LogP contribution in [0.2, 0.25) is 0 Å². The van der Waals surface area contributed by atoms with Gasteiger partial charge in [0.15, 0.2) is 0 Å². The van der Waals surface area contributed by atoms with Crippen LogP contribution in [0.25, 0.3) is 0 Å². The first-order valence-corrected chi connectivity index (χ1v) is 5.90. The Morgan fingerprint density at radius 2 is 2.15 bits per heavy atom. The van der Waals surface area contributed by atoms with E-state index in [1.165, 1.54) is 0 Å². The molecule has 0 aromatic rings. The number of hydrogen-bond donors (Lipinski definition) is 3. The molecule has 0 amide bonds. The fourth-order valence-corrected chi connectivity index (χ4v) is 1.83. The zero-order valence-corrected chi connectivity index (χ0v) is 8.79. The number of rotatable bonds is 2. The van der Waals surface area contributed by atoms with Crippen LogP contribution >= 0.6 is 7.60 Å². The Kier molecular flexibility index (Phi) is 3.15. The summed E-state index contributed by atoms with van der Waals surface area (Å²) in [5, 5.41) is 6.23. The lowest BCUT2D eigenvalue weighted by atomic mass is 10.0. The third-order valence-electron chi connectivity index (χ3n) is 2.54. The van der Waals surface area contributed by atoms with Gasteiger partial charge in [0.25, 0.3) is 0 Å². The maximum Gasteiger partial charge on any atom is 0.332 e. The Labute approximate surface area is 78.1 Å². The molecule has 1 radical (unpaired) electrons. The van der Waals surface area contributed by atoms with E-state index in [0.29, 0.717) is 13.1 Å². The summed E-state index contributed by atoms with van der Waals surface area (Å²) < 4.78 is 11.2. The standard InChI is InChI=1S/C7H16N2O3P/c1-7(2,13(10,11)12)6-5-8-3-4-9-6/h6,8H,3-5H2,1-2H3,(H2,10,11,12). The van der Waals surface area contributed by atoms with E-state index in [1.54, 1.807) is 13.8 Å². The lowest BCUT2D eigenvalue weighted by molar-refractivity contribution is 0.280. The van der Waals surface area contributed by atoms with Gasteiger partial charge >= 0.3 is 7.60 Å². The third-order valence-corrected chi connectivity index (χ3v) is 4.34. The molecule has 77 valence electrons. The molecule has 1 fully saturated rings. The number of nitrogens with zero attached hydrogens (tertiary/aromatic N) is 1. The lowest BCUT2D eigenvalue weighted by Crippen LogP contribution is -2.54. The first-order valence-electron chi connectivity index (χ1n) is 4.28. The van der Waals surface area contributed by atoms with Gasteiger partial charge in [0.2, 0.25) is 0 Å². The Balaban J connectivity index is 2.73. The van der Waals surface area contributed by atoms with E-state index < -0.39 is 12.8 Å². The molecule has 0 aromatic heterocycles. The molecule has 3 N–H and O–H groups in total. The maximum atomic E-state index is 11.2. The minimum absolute atomic E-state index is 0.290. The van der Waals surface area contributed by atoms with E-state index in [1.807, 2.05) is 0 Å². The zero-order valence-electron chi connectivity index (χ0n) is 7.90. The van der Waals surface area contributed by atoms with Crippen LogP contribution in [0, 0.1) is 0 Å². The second-order valence-corrected chi connectivity index (χ2v) is 6.06. The van der Waals surface area contributed by atoms with Gasteiger partial charge in [0.05, 0.1) is 11.2 Å². The predicted octanol–water partition coefficient (Wildman–Crippen LogP) is -0.481. The summed E-state index contributed by atoms with van der Waals surface area (Å²) in [6.45, 7) is 5.11. The minimum Gasteiger partial charge on any atom is -0.324 e. The molecular formula is C7H16N2O3P. The molecule has 0 spiro atoms. The molecule has 0 aliphatic carbocycles. The minimum atomic E-state index is -4.07. The van der Waals surface area contributed by atoms with Crippen LogP contribution in [0.1, 0.15) is 13.8 Å². The highest BCUT2D eigenvalue weighted by molar-refractivity contribution is 7.53. The van der Waals surface area contributed by atoms with Crippen molar-refractivity contribution in [3.8, 4) is 0 Å². The van der Waals surface area contributed by atoms with Gasteiger partial charge in [-0.2, -0.15) is 0 Å². The average molecular weight is 207 g/mol. The van der Waals surface area contributed by atoms with E-state index in [9.17, 15) is 4.57 Å². The van der Waals surface area contributed by atoms with Crippen LogP contribution < -0.4 is 10.6 Å². The first-order chi connectivity index (χ1) is 5.86. The average Bonchev–Trinajstić information content (AvgIpc) is 2.04. The van der Waals surface area contributed by atoms with Gasteiger partial charge in [-0.25, -0.2) is 5.32 Å². The van der Waals surface area contributed by atoms with Crippen molar-refractivity contribution in [1.82, 2.24) is 10.6 Å². The van der Waals surface area contributed by atoms with Crippen LogP contribution in [-0.4, -0.2) is 40.6 Å². The van der Waals surface area contributed by atoms with Crippen molar-refractivity contribution < 1.29 is 14.4 Å². The van der Waals surface area contributed by atoms with Crippen LogP contribution in [0.3, 0.4) is 0 Å². The molecule has 0 saturated carbocycles. The van der Waals surface area contributed by atoms with Gasteiger partial charge in [-0.15, -0.1) is 0 Å². The lowest BCUT2D eigenvalue weighted by Gasteiger charge is -2.36. The van der Waals surface area contributed by atoms with Crippen LogP contribution in [0.5, 0.6) is 0 Å². The molecule has 1 rings (SSSR count). The first kappa shape index (κ1) is 11.1. The van der Waals surface area contributed by atoms with Crippen LogP contribution in [-0.2, 0) is 4.57 Å². The molecule has 1 aliphatic heterocycles. The van der Waals surface area contributed by atoms with Gasteiger partial charge in [-0.1, -0.05) is 0 Å². The highest BCUT2D eigenvalue weighted by Gasteiger charge is 2.45. The molecule has 13 heavy (non-hydrogen) atoms. The van der Waals surface area contributed by atoms with E-state index in [0.717, 1.165) is 6.54 Å². The van der Waals surface area contributed by atoms with Crippen molar-refractivity contribution in [1.29, 1.82) is 0 Å². The zero-order chi connectivity index (χ0) is 10.1. The number of nitrogens with one attached hydrogen (secondary N) is 1. The fourth-order valence-electron chi connectivity index (χ4n) is 1.27. The third kappa shape index (κ3) is 2.30. The Hall–Kier alpha value is 0.0700. The molecule has 1 heterocycles. The number of hydrogen-bond acceptors (Lipinski definition) is 2. The second kappa shape index (κ2) is 3.67. The summed E-state index contributed by atoms with van der Waals surface area (Å²) in [7, 11) is -4.07. The summed E-state index contributed by atoms with van der Waals surface area (Å²) in [5.74, 6) is 0. The van der Waals surface area contributed by atoms with Crippen molar-refractivity contribution in [3.05, 3.63) is 0 Å². The van der Waals surface area contributed by atoms with Crippen molar-refractivity contribution in [2.24, 2.45) is 0 Å². The molecule has 5 nitrogen and oxygen atoms in total. The maximum absolute atomic E-state index is 11.2. The molecule has 1 unspecified atom stereocenters. The Morgan fingerprint density at radius 3 is 2.54 bits per heavy atom. The fraction of sp³-hybridized carbons (Fsp3) is 1.00. The molecular weight excluding hydrogens is 191 g/mol. The van der Waals surface area contributed by atoms with E-state index in [4.69, 9.17) is 9.79 Å². The summed E-state index contributed by atoms with van der Waals surface area (Å²) >= 11 is 0. The SMILES string of the molecule is CC(C)(C1CNCC[N]1)P(=O)(O)O. The number of piperazine rings is 1. The summed E-state index contributed by atoms with van der Waals surface area (Å²) in [6.07, 6.45) is 0. The quantitative estimate of drug-likeness (QED) is 0.534. The molecule has 0 bridgehead atoms. The molecule has 6 heteroatoms.